The van der Waals surface area contributed by atoms with Gasteiger partial charge in [0, 0.05) is 19.5 Å². The Balaban J connectivity index is 1.70. The van der Waals surface area contributed by atoms with E-state index in [2.05, 4.69) is 25.9 Å². The fraction of sp³-hybridized carbons (Fsp3) is 0.321. The Morgan fingerprint density at radius 3 is 2.48 bits per heavy atom. The van der Waals surface area contributed by atoms with Crippen LogP contribution >= 0.6 is 11.6 Å². The van der Waals surface area contributed by atoms with E-state index in [9.17, 15) is 14.4 Å². The van der Waals surface area contributed by atoms with Crippen molar-refractivity contribution in [3.63, 3.8) is 0 Å². The molecule has 1 unspecified atom stereocenters. The van der Waals surface area contributed by atoms with Gasteiger partial charge in [-0.15, -0.1) is 0 Å². The normalized spacial score (nSPS) is 11.8. The molecule has 3 N–H and O–H groups in total. The van der Waals surface area contributed by atoms with Crippen LogP contribution in [0.1, 0.15) is 47.2 Å². The van der Waals surface area contributed by atoms with Crippen LogP contribution in [0.3, 0.4) is 0 Å². The fourth-order valence-electron chi connectivity index (χ4n) is 3.34. The lowest BCUT2D eigenvalue weighted by atomic mass is 10.1. The number of aryl methyl sites for hydroxylation is 1. The van der Waals surface area contributed by atoms with Crippen LogP contribution in [0.15, 0.2) is 54.9 Å². The van der Waals surface area contributed by atoms with E-state index in [1.54, 1.807) is 63.2 Å². The Morgan fingerprint density at radius 1 is 1.02 bits per heavy atom. The van der Waals surface area contributed by atoms with Crippen LogP contribution in [-0.2, 0) is 9.47 Å². The van der Waals surface area contributed by atoms with Gasteiger partial charge in [0.15, 0.2) is 5.69 Å². The van der Waals surface area contributed by atoms with Crippen molar-refractivity contribution < 1.29 is 28.6 Å². The number of carbonyl (C=O) groups is 3. The van der Waals surface area contributed by atoms with Gasteiger partial charge in [-0.05, 0) is 69.7 Å². The molecule has 212 valence electrons. The SMILES string of the molecule is COC(CNC(=O)OC(C)(C)C)COc1cc(C)ccc1C(=O)Nc1cccnc1C(=O)Nc1ccc(Cl)cn1. The second-order valence-electron chi connectivity index (χ2n) is 9.72. The minimum absolute atomic E-state index is 0.00477. The molecule has 0 saturated heterocycles. The third-order valence-corrected chi connectivity index (χ3v) is 5.48. The maximum atomic E-state index is 13.3. The summed E-state index contributed by atoms with van der Waals surface area (Å²) in [4.78, 5) is 46.3. The number of rotatable bonds is 10. The van der Waals surface area contributed by atoms with Gasteiger partial charge in [-0.3, -0.25) is 9.59 Å². The average Bonchev–Trinajstić information content (AvgIpc) is 2.89. The first-order valence-corrected chi connectivity index (χ1v) is 12.8. The number of hydrogen-bond acceptors (Lipinski definition) is 8. The highest BCUT2D eigenvalue weighted by atomic mass is 35.5. The van der Waals surface area contributed by atoms with Gasteiger partial charge in [-0.1, -0.05) is 17.7 Å². The first-order chi connectivity index (χ1) is 18.9. The number of ether oxygens (including phenoxy) is 3. The van der Waals surface area contributed by atoms with Crippen molar-refractivity contribution in [2.75, 3.05) is 30.9 Å². The highest BCUT2D eigenvalue weighted by molar-refractivity contribution is 6.30. The van der Waals surface area contributed by atoms with Crippen LogP contribution in [0.25, 0.3) is 0 Å². The number of anilines is 2. The highest BCUT2D eigenvalue weighted by Gasteiger charge is 2.21. The fourth-order valence-corrected chi connectivity index (χ4v) is 3.45. The zero-order valence-electron chi connectivity index (χ0n) is 22.9. The molecule has 3 aromatic rings. The molecular formula is C28H32ClN5O6. The van der Waals surface area contributed by atoms with E-state index in [-0.39, 0.29) is 35.9 Å². The average molecular weight is 570 g/mol. The van der Waals surface area contributed by atoms with Crippen LogP contribution < -0.4 is 20.7 Å². The van der Waals surface area contributed by atoms with Gasteiger partial charge in [-0.25, -0.2) is 14.8 Å². The highest BCUT2D eigenvalue weighted by Crippen LogP contribution is 2.23. The van der Waals surface area contributed by atoms with Crippen LogP contribution in [-0.4, -0.2) is 59.8 Å². The number of pyridine rings is 2. The molecule has 1 aromatic carbocycles. The molecule has 0 bridgehead atoms. The van der Waals surface area contributed by atoms with Crippen LogP contribution in [0.2, 0.25) is 5.02 Å². The zero-order valence-corrected chi connectivity index (χ0v) is 23.7. The van der Waals surface area contributed by atoms with E-state index in [4.69, 9.17) is 25.8 Å². The molecule has 12 heteroatoms. The lowest BCUT2D eigenvalue weighted by Gasteiger charge is -2.22. The zero-order chi connectivity index (χ0) is 29.3. The first-order valence-electron chi connectivity index (χ1n) is 12.4. The molecule has 3 amide bonds. The third-order valence-electron chi connectivity index (χ3n) is 5.25. The van der Waals surface area contributed by atoms with Gasteiger partial charge in [0.05, 0.1) is 22.8 Å². The Hall–Kier alpha value is -4.22. The number of nitrogens with zero attached hydrogens (tertiary/aromatic N) is 2. The van der Waals surface area contributed by atoms with E-state index in [1.165, 1.54) is 19.5 Å². The van der Waals surface area contributed by atoms with Crippen molar-refractivity contribution in [1.82, 2.24) is 15.3 Å². The van der Waals surface area contributed by atoms with E-state index in [0.717, 1.165) is 5.56 Å². The van der Waals surface area contributed by atoms with Crippen LogP contribution in [0, 0.1) is 6.92 Å². The van der Waals surface area contributed by atoms with Crippen LogP contribution in [0.4, 0.5) is 16.3 Å². The summed E-state index contributed by atoms with van der Waals surface area (Å²) >= 11 is 5.85. The number of nitrogens with one attached hydrogen (secondary N) is 3. The topological polar surface area (TPSA) is 141 Å². The van der Waals surface area contributed by atoms with Crippen molar-refractivity contribution in [3.05, 3.63) is 76.7 Å². The number of carbonyl (C=O) groups excluding carboxylic acids is 3. The summed E-state index contributed by atoms with van der Waals surface area (Å²) in [5, 5.41) is 8.44. The van der Waals surface area contributed by atoms with Gasteiger partial charge >= 0.3 is 6.09 Å². The Kier molecular flexibility index (Phi) is 10.4. The second kappa shape index (κ2) is 13.7. The van der Waals surface area contributed by atoms with Crippen molar-refractivity contribution in [2.24, 2.45) is 0 Å². The summed E-state index contributed by atoms with van der Waals surface area (Å²) in [6.45, 7) is 7.35. The molecule has 40 heavy (non-hydrogen) atoms. The largest absolute Gasteiger partial charge is 0.490 e. The van der Waals surface area contributed by atoms with Crippen molar-refractivity contribution >= 4 is 41.0 Å². The summed E-state index contributed by atoms with van der Waals surface area (Å²) in [7, 11) is 1.49. The number of benzene rings is 1. The molecule has 1 atom stereocenters. The Labute approximate surface area is 237 Å². The van der Waals surface area contributed by atoms with Crippen molar-refractivity contribution in [2.45, 2.75) is 39.4 Å². The lowest BCUT2D eigenvalue weighted by molar-refractivity contribution is 0.0366. The van der Waals surface area contributed by atoms with E-state index in [1.807, 2.05) is 6.92 Å². The number of amides is 3. The molecule has 0 fully saturated rings. The number of hydrogen-bond donors (Lipinski definition) is 3. The number of aromatic nitrogens is 2. The predicted octanol–water partition coefficient (Wildman–Crippen LogP) is 4.86. The Bertz CT molecular complexity index is 1340. The second-order valence-corrected chi connectivity index (χ2v) is 10.2. The Morgan fingerprint density at radius 2 is 1.80 bits per heavy atom. The molecule has 0 spiro atoms. The smallest absolute Gasteiger partial charge is 0.407 e. The van der Waals surface area contributed by atoms with Gasteiger partial charge in [0.2, 0.25) is 0 Å². The summed E-state index contributed by atoms with van der Waals surface area (Å²) in [6.07, 6.45) is 1.75. The minimum Gasteiger partial charge on any atom is -0.490 e. The summed E-state index contributed by atoms with van der Waals surface area (Å²) in [5.74, 6) is -0.494. The van der Waals surface area contributed by atoms with Gasteiger partial charge in [-0.2, -0.15) is 0 Å². The van der Waals surface area contributed by atoms with Crippen LogP contribution in [0.5, 0.6) is 5.75 Å². The standard InChI is InChI=1S/C28H32ClN5O6/c1-17-8-10-20(22(13-17)39-16-19(38-5)15-32-27(37)40-28(2,3)4)25(35)33-21-7-6-12-30-24(21)26(36)34-23-11-9-18(29)14-31-23/h6-14,19H,15-16H2,1-5H3,(H,32,37)(H,33,35)(H,31,34,36). The van der Waals surface area contributed by atoms with Gasteiger partial charge in [0.25, 0.3) is 11.8 Å². The van der Waals surface area contributed by atoms with E-state index >= 15 is 0 Å². The molecular weight excluding hydrogens is 538 g/mol. The number of alkyl carbamates (subject to hydrolysis) is 1. The molecule has 3 rings (SSSR count). The molecule has 0 radical (unpaired) electrons. The quantitative estimate of drug-likeness (QED) is 0.314. The minimum atomic E-state index is -0.630. The lowest BCUT2D eigenvalue weighted by Crippen LogP contribution is -2.39. The molecule has 2 heterocycles. The molecule has 2 aromatic heterocycles. The van der Waals surface area contributed by atoms with E-state index in [0.29, 0.717) is 10.8 Å². The van der Waals surface area contributed by atoms with E-state index < -0.39 is 29.6 Å². The predicted molar refractivity (Wildman–Crippen MR) is 151 cm³/mol. The monoisotopic (exact) mass is 569 g/mol. The summed E-state index contributed by atoms with van der Waals surface area (Å²) in [6, 6.07) is 11.4. The third kappa shape index (κ3) is 9.21. The summed E-state index contributed by atoms with van der Waals surface area (Å²) < 4.78 is 16.6. The molecule has 0 aliphatic rings. The number of methoxy groups -OCH3 is 1. The molecule has 0 aliphatic heterocycles. The first kappa shape index (κ1) is 30.3. The maximum absolute atomic E-state index is 13.3. The van der Waals surface area contributed by atoms with Gasteiger partial charge in [0.1, 0.15) is 29.9 Å². The molecule has 11 nitrogen and oxygen atoms in total. The maximum Gasteiger partial charge on any atom is 0.407 e. The van der Waals surface area contributed by atoms with Crippen molar-refractivity contribution in [3.8, 4) is 5.75 Å². The molecule has 0 saturated carbocycles. The van der Waals surface area contributed by atoms with Gasteiger partial charge < -0.3 is 30.2 Å². The van der Waals surface area contributed by atoms with Crippen molar-refractivity contribution in [1.29, 1.82) is 0 Å². The molecule has 0 aliphatic carbocycles. The summed E-state index contributed by atoms with van der Waals surface area (Å²) in [5.41, 5.74) is 0.658. The number of halogens is 1.